The molecule has 1 aromatic carbocycles. The van der Waals surface area contributed by atoms with E-state index in [1.54, 1.807) is 6.20 Å². The standard InChI is InChI=1S/C17H15N3O3/c21-16-13-7-6-12(17(22)23)9-14(13)19-15(20-16)5-1-3-11-4-2-8-18-10-11/h2,4,6-10H,1,3,5H2,(H,22,23)(H,19,20,21). The Kier molecular flexibility index (Phi) is 4.14. The van der Waals surface area contributed by atoms with E-state index < -0.39 is 5.97 Å². The van der Waals surface area contributed by atoms with Gasteiger partial charge in [0.05, 0.1) is 16.5 Å². The number of aromatic nitrogens is 3. The summed E-state index contributed by atoms with van der Waals surface area (Å²) in [7, 11) is 0. The predicted molar refractivity (Wildman–Crippen MR) is 85.6 cm³/mol. The van der Waals surface area contributed by atoms with Gasteiger partial charge in [-0.05, 0) is 42.7 Å². The SMILES string of the molecule is O=C(O)c1ccc2c(=O)[nH]c(CCCc3cccnc3)nc2c1. The van der Waals surface area contributed by atoms with Crippen LogP contribution in [0.2, 0.25) is 0 Å². The number of carbonyl (C=O) groups is 1. The molecule has 0 unspecified atom stereocenters. The average molecular weight is 309 g/mol. The molecule has 3 rings (SSSR count). The molecule has 0 amide bonds. The van der Waals surface area contributed by atoms with Crippen molar-refractivity contribution in [3.63, 3.8) is 0 Å². The number of carboxylic acids is 1. The van der Waals surface area contributed by atoms with Gasteiger partial charge in [-0.2, -0.15) is 0 Å². The number of hydrogen-bond acceptors (Lipinski definition) is 4. The number of aromatic carboxylic acids is 1. The van der Waals surface area contributed by atoms with E-state index in [0.29, 0.717) is 23.1 Å². The summed E-state index contributed by atoms with van der Waals surface area (Å²) < 4.78 is 0. The molecular weight excluding hydrogens is 294 g/mol. The van der Waals surface area contributed by atoms with E-state index in [0.717, 1.165) is 18.4 Å². The largest absolute Gasteiger partial charge is 0.478 e. The lowest BCUT2D eigenvalue weighted by Crippen LogP contribution is -2.12. The summed E-state index contributed by atoms with van der Waals surface area (Å²) in [6.45, 7) is 0. The normalized spacial score (nSPS) is 10.8. The van der Waals surface area contributed by atoms with Gasteiger partial charge in [0, 0.05) is 18.8 Å². The van der Waals surface area contributed by atoms with E-state index in [1.165, 1.54) is 18.2 Å². The lowest BCUT2D eigenvalue weighted by molar-refractivity contribution is 0.0697. The fraction of sp³-hybridized carbons (Fsp3) is 0.176. The van der Waals surface area contributed by atoms with Gasteiger partial charge in [0.1, 0.15) is 5.82 Å². The van der Waals surface area contributed by atoms with Crippen LogP contribution in [0.5, 0.6) is 0 Å². The van der Waals surface area contributed by atoms with Crippen molar-refractivity contribution in [2.24, 2.45) is 0 Å². The minimum absolute atomic E-state index is 0.122. The number of hydrogen-bond donors (Lipinski definition) is 2. The van der Waals surface area contributed by atoms with Crippen LogP contribution in [0.15, 0.2) is 47.5 Å². The molecule has 2 heterocycles. The second-order valence-corrected chi connectivity index (χ2v) is 5.26. The summed E-state index contributed by atoms with van der Waals surface area (Å²) in [5, 5.41) is 9.43. The quantitative estimate of drug-likeness (QED) is 0.753. The first-order valence-corrected chi connectivity index (χ1v) is 7.28. The molecule has 0 fully saturated rings. The first-order valence-electron chi connectivity index (χ1n) is 7.28. The minimum atomic E-state index is -1.04. The van der Waals surface area contributed by atoms with Crippen molar-refractivity contribution in [1.29, 1.82) is 0 Å². The number of fused-ring (bicyclic) bond motifs is 1. The highest BCUT2D eigenvalue weighted by molar-refractivity contribution is 5.92. The van der Waals surface area contributed by atoms with Gasteiger partial charge >= 0.3 is 5.97 Å². The van der Waals surface area contributed by atoms with Gasteiger partial charge in [0.2, 0.25) is 0 Å². The van der Waals surface area contributed by atoms with Crippen molar-refractivity contribution < 1.29 is 9.90 Å². The number of benzene rings is 1. The van der Waals surface area contributed by atoms with Gasteiger partial charge in [-0.1, -0.05) is 6.07 Å². The minimum Gasteiger partial charge on any atom is -0.478 e. The van der Waals surface area contributed by atoms with Crippen LogP contribution in [-0.2, 0) is 12.8 Å². The zero-order valence-corrected chi connectivity index (χ0v) is 12.3. The summed E-state index contributed by atoms with van der Waals surface area (Å²) in [4.78, 5) is 34.3. The third kappa shape index (κ3) is 3.42. The van der Waals surface area contributed by atoms with Crippen LogP contribution in [0.25, 0.3) is 10.9 Å². The van der Waals surface area contributed by atoms with Crippen LogP contribution in [0, 0.1) is 0 Å². The molecule has 0 radical (unpaired) electrons. The van der Waals surface area contributed by atoms with Gasteiger partial charge < -0.3 is 10.1 Å². The number of carboxylic acid groups (broad SMARTS) is 1. The molecule has 0 bridgehead atoms. The molecule has 0 aliphatic carbocycles. The Morgan fingerprint density at radius 1 is 1.22 bits per heavy atom. The molecule has 116 valence electrons. The Labute approximate surface area is 131 Å². The molecule has 0 spiro atoms. The molecule has 0 saturated carbocycles. The van der Waals surface area contributed by atoms with Crippen LogP contribution in [0.4, 0.5) is 0 Å². The number of pyridine rings is 1. The van der Waals surface area contributed by atoms with E-state index >= 15 is 0 Å². The third-order valence-corrected chi connectivity index (χ3v) is 3.60. The maximum absolute atomic E-state index is 12.1. The molecule has 6 heteroatoms. The van der Waals surface area contributed by atoms with Crippen molar-refractivity contribution in [2.75, 3.05) is 0 Å². The Bertz CT molecular complexity index is 904. The highest BCUT2D eigenvalue weighted by Gasteiger charge is 2.08. The lowest BCUT2D eigenvalue weighted by Gasteiger charge is -2.04. The molecule has 23 heavy (non-hydrogen) atoms. The summed E-state index contributed by atoms with van der Waals surface area (Å²) in [6.07, 6.45) is 5.81. The van der Waals surface area contributed by atoms with E-state index in [2.05, 4.69) is 15.0 Å². The predicted octanol–water partition coefficient (Wildman–Crippen LogP) is 2.19. The summed E-state index contributed by atoms with van der Waals surface area (Å²) in [5.74, 6) is -0.471. The Morgan fingerprint density at radius 2 is 2.09 bits per heavy atom. The Hall–Kier alpha value is -3.02. The molecule has 3 aromatic rings. The summed E-state index contributed by atoms with van der Waals surface area (Å²) in [5.41, 5.74) is 1.41. The van der Waals surface area contributed by atoms with E-state index in [-0.39, 0.29) is 11.1 Å². The van der Waals surface area contributed by atoms with Crippen LogP contribution in [0.1, 0.15) is 28.2 Å². The number of aromatic amines is 1. The van der Waals surface area contributed by atoms with E-state index in [9.17, 15) is 9.59 Å². The Morgan fingerprint density at radius 3 is 2.83 bits per heavy atom. The molecule has 2 aromatic heterocycles. The van der Waals surface area contributed by atoms with Crippen LogP contribution < -0.4 is 5.56 Å². The second-order valence-electron chi connectivity index (χ2n) is 5.26. The monoisotopic (exact) mass is 309 g/mol. The van der Waals surface area contributed by atoms with Gasteiger partial charge in [0.15, 0.2) is 0 Å². The molecule has 0 atom stereocenters. The molecule has 6 nitrogen and oxygen atoms in total. The zero-order valence-electron chi connectivity index (χ0n) is 12.3. The maximum Gasteiger partial charge on any atom is 0.335 e. The summed E-state index contributed by atoms with van der Waals surface area (Å²) >= 11 is 0. The summed E-state index contributed by atoms with van der Waals surface area (Å²) in [6, 6.07) is 8.22. The molecular formula is C17H15N3O3. The van der Waals surface area contributed by atoms with Crippen molar-refractivity contribution >= 4 is 16.9 Å². The van der Waals surface area contributed by atoms with Crippen molar-refractivity contribution in [3.05, 3.63) is 70.0 Å². The number of H-pyrrole nitrogens is 1. The van der Waals surface area contributed by atoms with Gasteiger partial charge in [-0.25, -0.2) is 9.78 Å². The van der Waals surface area contributed by atoms with Crippen molar-refractivity contribution in [2.45, 2.75) is 19.3 Å². The number of nitrogens with one attached hydrogen (secondary N) is 1. The molecule has 0 aliphatic heterocycles. The zero-order chi connectivity index (χ0) is 16.2. The van der Waals surface area contributed by atoms with Crippen LogP contribution in [0.3, 0.4) is 0 Å². The topological polar surface area (TPSA) is 95.9 Å². The highest BCUT2D eigenvalue weighted by Crippen LogP contribution is 2.12. The van der Waals surface area contributed by atoms with Gasteiger partial charge in [0.25, 0.3) is 5.56 Å². The average Bonchev–Trinajstić information content (AvgIpc) is 2.55. The Balaban J connectivity index is 1.81. The second kappa shape index (κ2) is 6.39. The highest BCUT2D eigenvalue weighted by atomic mass is 16.4. The fourth-order valence-corrected chi connectivity index (χ4v) is 2.45. The third-order valence-electron chi connectivity index (χ3n) is 3.60. The van der Waals surface area contributed by atoms with E-state index in [4.69, 9.17) is 5.11 Å². The van der Waals surface area contributed by atoms with Crippen molar-refractivity contribution in [3.8, 4) is 0 Å². The number of aryl methyl sites for hydroxylation is 2. The molecule has 0 saturated heterocycles. The maximum atomic E-state index is 12.1. The fourth-order valence-electron chi connectivity index (χ4n) is 2.45. The number of rotatable bonds is 5. The smallest absolute Gasteiger partial charge is 0.335 e. The number of nitrogens with zero attached hydrogens (tertiary/aromatic N) is 2. The first kappa shape index (κ1) is 14.9. The first-order chi connectivity index (χ1) is 11.1. The molecule has 0 aliphatic rings. The molecule has 2 N–H and O–H groups in total. The van der Waals surface area contributed by atoms with Gasteiger partial charge in [-0.3, -0.25) is 9.78 Å². The van der Waals surface area contributed by atoms with Crippen molar-refractivity contribution in [1.82, 2.24) is 15.0 Å². The van der Waals surface area contributed by atoms with Crippen LogP contribution >= 0.6 is 0 Å². The van der Waals surface area contributed by atoms with E-state index in [1.807, 2.05) is 18.3 Å². The van der Waals surface area contributed by atoms with Gasteiger partial charge in [-0.15, -0.1) is 0 Å². The lowest BCUT2D eigenvalue weighted by atomic mass is 10.1. The van der Waals surface area contributed by atoms with Crippen LogP contribution in [-0.4, -0.2) is 26.0 Å².